The minimum Gasteiger partial charge on any atom is -0.439 e. The minimum absolute atomic E-state index is 0.0355. The molecule has 1 fully saturated rings. The molecule has 2 heterocycles. The number of ether oxygens (including phenoxy) is 1. The van der Waals surface area contributed by atoms with Gasteiger partial charge >= 0.3 is 0 Å². The quantitative estimate of drug-likeness (QED) is 0.524. The zero-order chi connectivity index (χ0) is 20.9. The Hall–Kier alpha value is -3.12. The molecule has 0 saturated carbocycles. The van der Waals surface area contributed by atoms with Crippen molar-refractivity contribution in [3.8, 4) is 11.3 Å². The highest BCUT2D eigenvalue weighted by atomic mass is 16.5. The van der Waals surface area contributed by atoms with Crippen LogP contribution in [0, 0.1) is 13.8 Å². The van der Waals surface area contributed by atoms with Gasteiger partial charge in [-0.25, -0.2) is 4.98 Å². The Morgan fingerprint density at radius 1 is 1.17 bits per heavy atom. The summed E-state index contributed by atoms with van der Waals surface area (Å²) in [6.45, 7) is 6.88. The molecule has 1 N–H and O–H groups in total. The third-order valence-electron chi connectivity index (χ3n) is 5.40. The SMILES string of the molecule is CN=C(NCc1ncc(-c2ccc(C)cc2)o1)N1CCOC(c2ccccc2C)C1. The number of hydrogen-bond acceptors (Lipinski definition) is 4. The van der Waals surface area contributed by atoms with Crippen molar-refractivity contribution < 1.29 is 9.15 Å². The summed E-state index contributed by atoms with van der Waals surface area (Å²) in [7, 11) is 1.80. The van der Waals surface area contributed by atoms with Gasteiger partial charge < -0.3 is 19.4 Å². The lowest BCUT2D eigenvalue weighted by Gasteiger charge is -2.35. The molecule has 6 nitrogen and oxygen atoms in total. The van der Waals surface area contributed by atoms with E-state index in [1.807, 2.05) is 12.1 Å². The Morgan fingerprint density at radius 3 is 2.73 bits per heavy atom. The first kappa shape index (κ1) is 20.2. The van der Waals surface area contributed by atoms with E-state index in [0.29, 0.717) is 19.0 Å². The van der Waals surface area contributed by atoms with Crippen LogP contribution in [0.5, 0.6) is 0 Å². The molecule has 1 saturated heterocycles. The number of guanidine groups is 1. The molecule has 1 unspecified atom stereocenters. The van der Waals surface area contributed by atoms with Crippen molar-refractivity contribution >= 4 is 5.96 Å². The molecule has 0 amide bonds. The van der Waals surface area contributed by atoms with Crippen molar-refractivity contribution in [2.75, 3.05) is 26.7 Å². The molecule has 3 aromatic rings. The van der Waals surface area contributed by atoms with Crippen LogP contribution in [-0.4, -0.2) is 42.6 Å². The Balaban J connectivity index is 1.39. The number of aliphatic imine (C=N–C) groups is 1. The maximum Gasteiger partial charge on any atom is 0.214 e. The van der Waals surface area contributed by atoms with Gasteiger partial charge in [0.05, 0.1) is 25.9 Å². The number of aromatic nitrogens is 1. The summed E-state index contributed by atoms with van der Waals surface area (Å²) in [6.07, 6.45) is 1.81. The Labute approximate surface area is 177 Å². The van der Waals surface area contributed by atoms with Crippen molar-refractivity contribution in [3.05, 3.63) is 77.3 Å². The van der Waals surface area contributed by atoms with Crippen molar-refractivity contribution in [2.45, 2.75) is 26.5 Å². The second kappa shape index (κ2) is 9.13. The van der Waals surface area contributed by atoms with Crippen LogP contribution in [0.15, 0.2) is 64.1 Å². The highest BCUT2D eigenvalue weighted by Gasteiger charge is 2.25. The molecule has 1 aliphatic rings. The van der Waals surface area contributed by atoms with Crippen LogP contribution >= 0.6 is 0 Å². The average Bonchev–Trinajstić information content (AvgIpc) is 3.24. The maximum absolute atomic E-state index is 6.04. The summed E-state index contributed by atoms with van der Waals surface area (Å²) < 4.78 is 12.0. The lowest BCUT2D eigenvalue weighted by Crippen LogP contribution is -2.48. The smallest absolute Gasteiger partial charge is 0.214 e. The molecule has 156 valence electrons. The molecule has 2 aromatic carbocycles. The molecule has 0 spiro atoms. The third kappa shape index (κ3) is 4.54. The molecule has 1 atom stereocenters. The number of nitrogens with one attached hydrogen (secondary N) is 1. The zero-order valence-electron chi connectivity index (χ0n) is 17.8. The number of morpholine rings is 1. The van der Waals surface area contributed by atoms with Crippen LogP contribution in [-0.2, 0) is 11.3 Å². The summed E-state index contributed by atoms with van der Waals surface area (Å²) >= 11 is 0. The second-order valence-corrected chi connectivity index (χ2v) is 7.55. The van der Waals surface area contributed by atoms with E-state index in [9.17, 15) is 0 Å². The van der Waals surface area contributed by atoms with Crippen LogP contribution in [0.2, 0.25) is 0 Å². The lowest BCUT2D eigenvalue weighted by atomic mass is 10.0. The second-order valence-electron chi connectivity index (χ2n) is 7.55. The predicted octanol–water partition coefficient (Wildman–Crippen LogP) is 4.11. The monoisotopic (exact) mass is 404 g/mol. The van der Waals surface area contributed by atoms with E-state index in [1.165, 1.54) is 16.7 Å². The van der Waals surface area contributed by atoms with Gasteiger partial charge in [0.1, 0.15) is 6.10 Å². The number of rotatable bonds is 4. The summed E-state index contributed by atoms with van der Waals surface area (Å²) in [5.41, 5.74) is 4.72. The fourth-order valence-corrected chi connectivity index (χ4v) is 3.71. The fraction of sp³-hybridized carbons (Fsp3) is 0.333. The third-order valence-corrected chi connectivity index (χ3v) is 5.40. The highest BCUT2D eigenvalue weighted by Crippen LogP contribution is 2.25. The number of oxazole rings is 1. The predicted molar refractivity (Wildman–Crippen MR) is 118 cm³/mol. The molecular weight excluding hydrogens is 376 g/mol. The van der Waals surface area contributed by atoms with Gasteiger partial charge in [0, 0.05) is 19.2 Å². The first-order valence-electron chi connectivity index (χ1n) is 10.3. The van der Waals surface area contributed by atoms with Crippen LogP contribution in [0.25, 0.3) is 11.3 Å². The van der Waals surface area contributed by atoms with Crippen LogP contribution < -0.4 is 5.32 Å². The average molecular weight is 405 g/mol. The number of nitrogens with zero attached hydrogens (tertiary/aromatic N) is 3. The van der Waals surface area contributed by atoms with Crippen molar-refractivity contribution in [1.82, 2.24) is 15.2 Å². The molecule has 0 radical (unpaired) electrons. The van der Waals surface area contributed by atoms with E-state index in [4.69, 9.17) is 9.15 Å². The van der Waals surface area contributed by atoms with E-state index in [1.54, 1.807) is 13.2 Å². The molecule has 1 aliphatic heterocycles. The van der Waals surface area contributed by atoms with Gasteiger partial charge in [0.25, 0.3) is 0 Å². The molecular formula is C24H28N4O2. The number of benzene rings is 2. The fourth-order valence-electron chi connectivity index (χ4n) is 3.71. The first-order chi connectivity index (χ1) is 14.6. The van der Waals surface area contributed by atoms with E-state index < -0.39 is 0 Å². The summed E-state index contributed by atoms with van der Waals surface area (Å²) in [6, 6.07) is 16.6. The van der Waals surface area contributed by atoms with Gasteiger partial charge in [-0.15, -0.1) is 0 Å². The van der Waals surface area contributed by atoms with Crippen LogP contribution in [0.3, 0.4) is 0 Å². The topological polar surface area (TPSA) is 62.9 Å². The van der Waals surface area contributed by atoms with Gasteiger partial charge in [-0.2, -0.15) is 0 Å². The number of hydrogen-bond donors (Lipinski definition) is 1. The van der Waals surface area contributed by atoms with E-state index in [2.05, 4.69) is 70.4 Å². The zero-order valence-corrected chi connectivity index (χ0v) is 17.8. The van der Waals surface area contributed by atoms with Crippen molar-refractivity contribution in [1.29, 1.82) is 0 Å². The summed E-state index contributed by atoms with van der Waals surface area (Å²) in [5.74, 6) is 2.23. The largest absolute Gasteiger partial charge is 0.439 e. The van der Waals surface area contributed by atoms with Gasteiger partial charge in [-0.1, -0.05) is 54.1 Å². The standard InChI is InChI=1S/C24H28N4O2/c1-17-8-10-19(11-9-17)21-14-26-23(30-21)15-27-24(25-3)28-12-13-29-22(16-28)20-7-5-4-6-18(20)2/h4-11,14,22H,12-13,15-16H2,1-3H3,(H,25,27). The number of aryl methyl sites for hydroxylation is 2. The Morgan fingerprint density at radius 2 is 1.97 bits per heavy atom. The molecule has 6 heteroatoms. The molecule has 0 bridgehead atoms. The molecule has 4 rings (SSSR count). The minimum atomic E-state index is 0.0355. The highest BCUT2D eigenvalue weighted by molar-refractivity contribution is 5.80. The molecule has 0 aliphatic carbocycles. The van der Waals surface area contributed by atoms with Crippen LogP contribution in [0.1, 0.15) is 28.7 Å². The summed E-state index contributed by atoms with van der Waals surface area (Å²) in [4.78, 5) is 11.1. The normalized spacial score (nSPS) is 17.2. The van der Waals surface area contributed by atoms with E-state index in [-0.39, 0.29) is 6.10 Å². The van der Waals surface area contributed by atoms with Gasteiger partial charge in [-0.3, -0.25) is 4.99 Å². The van der Waals surface area contributed by atoms with Gasteiger partial charge in [-0.05, 0) is 25.0 Å². The molecule has 30 heavy (non-hydrogen) atoms. The Kier molecular flexibility index (Phi) is 6.14. The van der Waals surface area contributed by atoms with Crippen LogP contribution in [0.4, 0.5) is 0 Å². The summed E-state index contributed by atoms with van der Waals surface area (Å²) in [5, 5.41) is 3.38. The maximum atomic E-state index is 6.04. The van der Waals surface area contributed by atoms with Crippen molar-refractivity contribution in [2.24, 2.45) is 4.99 Å². The first-order valence-corrected chi connectivity index (χ1v) is 10.3. The van der Waals surface area contributed by atoms with Gasteiger partial charge in [0.2, 0.25) is 5.89 Å². The van der Waals surface area contributed by atoms with E-state index in [0.717, 1.165) is 30.4 Å². The Bertz CT molecular complexity index is 1010. The van der Waals surface area contributed by atoms with Crippen molar-refractivity contribution in [3.63, 3.8) is 0 Å². The van der Waals surface area contributed by atoms with E-state index >= 15 is 0 Å². The molecule has 1 aromatic heterocycles. The van der Waals surface area contributed by atoms with Gasteiger partial charge in [0.15, 0.2) is 11.7 Å². The lowest BCUT2D eigenvalue weighted by molar-refractivity contribution is -0.00836.